The second-order valence-electron chi connectivity index (χ2n) is 7.78. The molecule has 1 aromatic carbocycles. The summed E-state index contributed by atoms with van der Waals surface area (Å²) in [6, 6.07) is 12.0. The number of ether oxygens (including phenoxy) is 1. The third-order valence-electron chi connectivity index (χ3n) is 5.99. The van der Waals surface area contributed by atoms with Gasteiger partial charge in [0, 0.05) is 18.8 Å². The average Bonchev–Trinajstić information content (AvgIpc) is 3.17. The van der Waals surface area contributed by atoms with Crippen LogP contribution < -0.4 is 15.8 Å². The Morgan fingerprint density at radius 3 is 2.93 bits per heavy atom. The maximum atomic E-state index is 11.6. The highest BCUT2D eigenvalue weighted by Gasteiger charge is 2.49. The molecule has 0 unspecified atom stereocenters. The van der Waals surface area contributed by atoms with E-state index in [0.29, 0.717) is 16.9 Å². The van der Waals surface area contributed by atoms with E-state index in [1.54, 1.807) is 6.20 Å². The van der Waals surface area contributed by atoms with Gasteiger partial charge < -0.3 is 15.8 Å². The molecule has 7 nitrogen and oxygen atoms in total. The Labute approximate surface area is 172 Å². The fourth-order valence-corrected chi connectivity index (χ4v) is 5.51. The van der Waals surface area contributed by atoms with Gasteiger partial charge in [0.2, 0.25) is 0 Å². The van der Waals surface area contributed by atoms with Gasteiger partial charge in [0.1, 0.15) is 5.75 Å². The minimum Gasteiger partial charge on any atom is -0.431 e. The molecular weight excluding hydrogens is 386 g/mol. The number of nitrogens with one attached hydrogen (secondary N) is 1. The van der Waals surface area contributed by atoms with Crippen molar-refractivity contribution in [2.75, 3.05) is 0 Å². The number of rotatable bonds is 5. The molecular formula is C21H23N5O2S. The van der Waals surface area contributed by atoms with Crippen molar-refractivity contribution in [3.63, 3.8) is 0 Å². The first kappa shape index (κ1) is 18.3. The van der Waals surface area contributed by atoms with Gasteiger partial charge in [-0.1, -0.05) is 23.5 Å². The van der Waals surface area contributed by atoms with Gasteiger partial charge in [0.15, 0.2) is 5.65 Å². The van der Waals surface area contributed by atoms with Crippen molar-refractivity contribution in [3.8, 4) is 10.9 Å². The zero-order valence-electron chi connectivity index (χ0n) is 16.0. The summed E-state index contributed by atoms with van der Waals surface area (Å²) >= 11 is 1.48. The maximum absolute atomic E-state index is 11.6. The van der Waals surface area contributed by atoms with Crippen molar-refractivity contribution in [3.05, 3.63) is 48.2 Å². The van der Waals surface area contributed by atoms with E-state index >= 15 is 0 Å². The predicted molar refractivity (Wildman–Crippen MR) is 112 cm³/mol. The molecule has 2 aromatic heterocycles. The minimum absolute atomic E-state index is 0.294. The molecule has 150 valence electrons. The van der Waals surface area contributed by atoms with Gasteiger partial charge in [-0.3, -0.25) is 4.90 Å². The first-order chi connectivity index (χ1) is 14.1. The quantitative estimate of drug-likeness (QED) is 0.664. The molecule has 4 heterocycles. The molecule has 2 bridgehead atoms. The van der Waals surface area contributed by atoms with Gasteiger partial charge in [-0.15, -0.1) is 0 Å². The Kier molecular flexibility index (Phi) is 4.60. The number of hydrogen-bond donors (Lipinski definition) is 2. The summed E-state index contributed by atoms with van der Waals surface area (Å²) < 4.78 is 6.92. The summed E-state index contributed by atoms with van der Waals surface area (Å²) in [4.78, 5) is 22.7. The van der Waals surface area contributed by atoms with E-state index in [4.69, 9.17) is 10.5 Å². The smallest absolute Gasteiger partial charge is 0.313 e. The van der Waals surface area contributed by atoms with Crippen LogP contribution in [0.4, 0.5) is 4.79 Å². The zero-order chi connectivity index (χ0) is 19.8. The molecule has 0 radical (unpaired) electrons. The summed E-state index contributed by atoms with van der Waals surface area (Å²) in [6.07, 6.45) is 7.06. The summed E-state index contributed by atoms with van der Waals surface area (Å²) in [5.74, 6) is 0.749. The monoisotopic (exact) mass is 409 g/mol. The van der Waals surface area contributed by atoms with Crippen LogP contribution in [0.3, 0.4) is 0 Å². The average molecular weight is 410 g/mol. The fourth-order valence-electron chi connectivity index (χ4n) is 4.71. The van der Waals surface area contributed by atoms with Crippen molar-refractivity contribution in [2.24, 2.45) is 5.73 Å². The molecule has 2 aliphatic rings. The second-order valence-corrected chi connectivity index (χ2v) is 8.78. The Morgan fingerprint density at radius 1 is 1.28 bits per heavy atom. The number of primary amides is 1. The Hall–Kier alpha value is -2.71. The Morgan fingerprint density at radius 2 is 2.14 bits per heavy atom. The molecule has 2 saturated heterocycles. The number of carbonyl (C=O) groups excluding carboxylic acids is 1. The van der Waals surface area contributed by atoms with E-state index in [1.807, 2.05) is 24.3 Å². The highest BCUT2D eigenvalue weighted by Crippen LogP contribution is 2.43. The van der Waals surface area contributed by atoms with Gasteiger partial charge in [-0.2, -0.15) is 4.98 Å². The lowest BCUT2D eigenvalue weighted by atomic mass is 9.96. The SMILES string of the molecule is NC(=O)N[C@@]12CCC[C@@H](CC1)N2Cc1ccc(Oc2nc3ncccc3s2)cc1. The number of carbonyl (C=O) groups is 1. The summed E-state index contributed by atoms with van der Waals surface area (Å²) in [5.41, 5.74) is 7.08. The van der Waals surface area contributed by atoms with Gasteiger partial charge in [0.25, 0.3) is 5.19 Å². The topological polar surface area (TPSA) is 93.4 Å². The van der Waals surface area contributed by atoms with E-state index in [0.717, 1.165) is 42.7 Å². The standard InChI is InChI=1S/C21H23N5O2S/c22-19(27)25-21-10-1-3-15(9-11-21)26(21)13-14-5-7-16(8-6-14)28-20-24-18-17(29-20)4-2-12-23-18/h2,4-8,12,15H,1,3,9-11,13H2,(H3,22,25,27)/t15-,21+/m0/s1. The van der Waals surface area contributed by atoms with Crippen LogP contribution in [0.5, 0.6) is 10.9 Å². The molecule has 2 amide bonds. The maximum Gasteiger partial charge on any atom is 0.313 e. The number of hydrogen-bond acceptors (Lipinski definition) is 6. The van der Waals surface area contributed by atoms with Crippen LogP contribution in [-0.2, 0) is 6.54 Å². The van der Waals surface area contributed by atoms with Crippen LogP contribution in [0.1, 0.15) is 37.7 Å². The minimum atomic E-state index is -0.438. The number of urea groups is 1. The molecule has 2 atom stereocenters. The van der Waals surface area contributed by atoms with Crippen molar-refractivity contribution < 1.29 is 9.53 Å². The van der Waals surface area contributed by atoms with Crippen LogP contribution in [0, 0.1) is 0 Å². The lowest BCUT2D eigenvalue weighted by Crippen LogP contribution is -2.61. The number of nitrogens with two attached hydrogens (primary N) is 1. The van der Waals surface area contributed by atoms with Gasteiger partial charge in [-0.05, 0) is 61.9 Å². The molecule has 29 heavy (non-hydrogen) atoms. The normalized spacial score (nSPS) is 23.9. The molecule has 0 spiro atoms. The van der Waals surface area contributed by atoms with Crippen LogP contribution in [0.25, 0.3) is 10.3 Å². The van der Waals surface area contributed by atoms with Gasteiger partial charge in [0.05, 0.1) is 10.4 Å². The number of thiazole rings is 1. The molecule has 8 heteroatoms. The highest BCUT2D eigenvalue weighted by molar-refractivity contribution is 7.20. The van der Waals surface area contributed by atoms with Gasteiger partial charge in [-0.25, -0.2) is 9.78 Å². The van der Waals surface area contributed by atoms with Crippen molar-refractivity contribution in [2.45, 2.75) is 50.4 Å². The lowest BCUT2D eigenvalue weighted by Gasteiger charge is -2.45. The molecule has 3 aromatic rings. The number of pyridine rings is 1. The summed E-state index contributed by atoms with van der Waals surface area (Å²) in [6.45, 7) is 0.788. The number of fused-ring (bicyclic) bond motifs is 3. The van der Waals surface area contributed by atoms with E-state index in [9.17, 15) is 4.79 Å². The number of aromatic nitrogens is 2. The highest BCUT2D eigenvalue weighted by atomic mass is 32.1. The third-order valence-corrected chi connectivity index (χ3v) is 6.88. The third kappa shape index (κ3) is 3.54. The Bertz CT molecular complexity index is 1000. The van der Waals surface area contributed by atoms with Crippen molar-refractivity contribution in [1.82, 2.24) is 20.2 Å². The number of nitrogens with zero attached hydrogens (tertiary/aromatic N) is 3. The van der Waals surface area contributed by atoms with Crippen LogP contribution in [0.2, 0.25) is 0 Å². The lowest BCUT2D eigenvalue weighted by molar-refractivity contribution is 0.0282. The van der Waals surface area contributed by atoms with E-state index < -0.39 is 6.03 Å². The number of amides is 2. The first-order valence-electron chi connectivity index (χ1n) is 9.94. The molecule has 0 saturated carbocycles. The molecule has 2 fully saturated rings. The number of piperidine rings is 1. The van der Waals surface area contributed by atoms with E-state index in [2.05, 4.69) is 32.3 Å². The van der Waals surface area contributed by atoms with Crippen LogP contribution in [-0.4, -0.2) is 32.6 Å². The molecule has 3 N–H and O–H groups in total. The van der Waals surface area contributed by atoms with Gasteiger partial charge >= 0.3 is 6.03 Å². The predicted octanol–water partition coefficient (Wildman–Crippen LogP) is 4.00. The second kappa shape index (κ2) is 7.27. The fraction of sp³-hybridized carbons (Fsp3) is 0.381. The summed E-state index contributed by atoms with van der Waals surface area (Å²) in [5, 5.41) is 3.63. The van der Waals surface area contributed by atoms with Crippen molar-refractivity contribution >= 4 is 27.7 Å². The van der Waals surface area contributed by atoms with Crippen molar-refractivity contribution in [1.29, 1.82) is 0 Å². The largest absolute Gasteiger partial charge is 0.431 e. The first-order valence-corrected chi connectivity index (χ1v) is 10.8. The van der Waals surface area contributed by atoms with E-state index in [1.165, 1.54) is 23.3 Å². The number of benzene rings is 1. The Balaban J connectivity index is 1.30. The van der Waals surface area contributed by atoms with Crippen LogP contribution >= 0.6 is 11.3 Å². The van der Waals surface area contributed by atoms with Crippen LogP contribution in [0.15, 0.2) is 42.6 Å². The van der Waals surface area contributed by atoms with E-state index in [-0.39, 0.29) is 5.66 Å². The zero-order valence-corrected chi connectivity index (χ0v) is 16.8. The summed E-state index contributed by atoms with van der Waals surface area (Å²) in [7, 11) is 0. The molecule has 5 rings (SSSR count). The molecule has 2 aliphatic heterocycles. The molecule has 0 aliphatic carbocycles.